The van der Waals surface area contributed by atoms with Crippen LogP contribution in [0.1, 0.15) is 25.7 Å². The number of nitrogens with one attached hydrogen (secondary N) is 2. The number of rotatable bonds is 5. The van der Waals surface area contributed by atoms with Gasteiger partial charge in [0, 0.05) is 28.7 Å². The van der Waals surface area contributed by atoms with Gasteiger partial charge in [-0.25, -0.2) is 4.98 Å². The van der Waals surface area contributed by atoms with E-state index >= 15 is 0 Å². The van der Waals surface area contributed by atoms with Gasteiger partial charge >= 0.3 is 0 Å². The second-order valence-corrected chi connectivity index (χ2v) is 7.31. The second kappa shape index (κ2) is 7.66. The lowest BCUT2D eigenvalue weighted by Gasteiger charge is -2.10. The molecule has 0 aliphatic heterocycles. The molecule has 1 saturated carbocycles. The number of carbonyl (C=O) groups excluding carboxylic acids is 1. The Labute approximate surface area is 156 Å². The Hall–Kier alpha value is -2.73. The van der Waals surface area contributed by atoms with Crippen molar-refractivity contribution < 1.29 is 4.79 Å². The van der Waals surface area contributed by atoms with Crippen LogP contribution in [0.15, 0.2) is 54.2 Å². The molecule has 2 heterocycles. The van der Waals surface area contributed by atoms with Crippen molar-refractivity contribution in [3.8, 4) is 11.3 Å². The number of nitrogens with zero attached hydrogens (tertiary/aromatic N) is 2. The molecule has 0 spiro atoms. The summed E-state index contributed by atoms with van der Waals surface area (Å²) < 4.78 is 0. The third-order valence-corrected chi connectivity index (χ3v) is 5.35. The van der Waals surface area contributed by atoms with Crippen molar-refractivity contribution in [1.82, 2.24) is 9.97 Å². The van der Waals surface area contributed by atoms with E-state index in [9.17, 15) is 4.79 Å². The Morgan fingerprint density at radius 1 is 1.08 bits per heavy atom. The number of anilines is 3. The summed E-state index contributed by atoms with van der Waals surface area (Å²) in [6.07, 6.45) is 7.85. The van der Waals surface area contributed by atoms with E-state index in [1.165, 1.54) is 0 Å². The number of aromatic nitrogens is 2. The summed E-state index contributed by atoms with van der Waals surface area (Å²) in [6.45, 7) is 0. The van der Waals surface area contributed by atoms with E-state index in [4.69, 9.17) is 0 Å². The van der Waals surface area contributed by atoms with Crippen LogP contribution in [0.5, 0.6) is 0 Å². The molecule has 4 rings (SSSR count). The van der Waals surface area contributed by atoms with Crippen LogP contribution in [0.3, 0.4) is 0 Å². The smallest absolute Gasteiger partial charge is 0.227 e. The first-order valence-corrected chi connectivity index (χ1v) is 9.70. The Kier molecular flexibility index (Phi) is 4.93. The van der Waals surface area contributed by atoms with Crippen LogP contribution in [0.25, 0.3) is 11.3 Å². The SMILES string of the molecule is O=C(Nc1ccc(-c2csc(Nc3cccnc3)n2)cc1)C1CCCC1. The Balaban J connectivity index is 1.41. The minimum Gasteiger partial charge on any atom is -0.330 e. The van der Waals surface area contributed by atoms with E-state index in [2.05, 4.69) is 20.6 Å². The number of pyridine rings is 1. The summed E-state index contributed by atoms with van der Waals surface area (Å²) >= 11 is 1.55. The lowest BCUT2D eigenvalue weighted by atomic mass is 10.1. The van der Waals surface area contributed by atoms with E-state index in [1.54, 1.807) is 23.7 Å². The van der Waals surface area contributed by atoms with Crippen LogP contribution in [-0.2, 0) is 4.79 Å². The van der Waals surface area contributed by atoms with Gasteiger partial charge in [0.1, 0.15) is 0 Å². The van der Waals surface area contributed by atoms with Gasteiger partial charge in [-0.3, -0.25) is 9.78 Å². The number of carbonyl (C=O) groups is 1. The molecule has 0 unspecified atom stereocenters. The van der Waals surface area contributed by atoms with Gasteiger partial charge in [-0.05, 0) is 37.1 Å². The number of benzene rings is 1. The van der Waals surface area contributed by atoms with Gasteiger partial charge in [-0.15, -0.1) is 11.3 Å². The molecule has 26 heavy (non-hydrogen) atoms. The summed E-state index contributed by atoms with van der Waals surface area (Å²) in [5.74, 6) is 0.321. The molecule has 1 aliphatic rings. The van der Waals surface area contributed by atoms with Gasteiger partial charge in [0.15, 0.2) is 5.13 Å². The maximum atomic E-state index is 12.2. The third kappa shape index (κ3) is 3.91. The molecule has 0 atom stereocenters. The van der Waals surface area contributed by atoms with Crippen LogP contribution in [0, 0.1) is 5.92 Å². The maximum absolute atomic E-state index is 12.2. The highest BCUT2D eigenvalue weighted by Gasteiger charge is 2.22. The molecule has 0 bridgehead atoms. The van der Waals surface area contributed by atoms with E-state index in [0.29, 0.717) is 0 Å². The monoisotopic (exact) mass is 364 g/mol. The molecule has 6 heteroatoms. The summed E-state index contributed by atoms with van der Waals surface area (Å²) in [5.41, 5.74) is 3.70. The first kappa shape index (κ1) is 16.7. The standard InChI is InChI=1S/C20H20N4OS/c25-19(15-4-1-2-5-15)22-16-9-7-14(8-10-16)18-13-26-20(24-18)23-17-6-3-11-21-12-17/h3,6-13,15H,1-2,4-5H2,(H,22,25)(H,23,24). The molecule has 0 radical (unpaired) electrons. The Bertz CT molecular complexity index is 870. The van der Waals surface area contributed by atoms with Gasteiger partial charge < -0.3 is 10.6 Å². The molecule has 2 N–H and O–H groups in total. The average Bonchev–Trinajstić information content (AvgIpc) is 3.35. The van der Waals surface area contributed by atoms with Crippen molar-refractivity contribution in [2.24, 2.45) is 5.92 Å². The van der Waals surface area contributed by atoms with Crippen LogP contribution in [0.4, 0.5) is 16.5 Å². The maximum Gasteiger partial charge on any atom is 0.227 e. The molecular formula is C20H20N4OS. The first-order valence-electron chi connectivity index (χ1n) is 8.82. The molecule has 5 nitrogen and oxygen atoms in total. The highest BCUT2D eigenvalue weighted by molar-refractivity contribution is 7.14. The van der Waals surface area contributed by atoms with E-state index in [0.717, 1.165) is 53.4 Å². The minimum atomic E-state index is 0.145. The summed E-state index contributed by atoms with van der Waals surface area (Å²) in [7, 11) is 0. The summed E-state index contributed by atoms with van der Waals surface area (Å²) in [4.78, 5) is 20.9. The van der Waals surface area contributed by atoms with E-state index < -0.39 is 0 Å². The highest BCUT2D eigenvalue weighted by atomic mass is 32.1. The zero-order valence-corrected chi connectivity index (χ0v) is 15.1. The van der Waals surface area contributed by atoms with Crippen molar-refractivity contribution >= 4 is 33.8 Å². The van der Waals surface area contributed by atoms with Crippen molar-refractivity contribution in [1.29, 1.82) is 0 Å². The van der Waals surface area contributed by atoms with Gasteiger partial charge in [0.05, 0.1) is 17.6 Å². The van der Waals surface area contributed by atoms with Crippen molar-refractivity contribution in [2.75, 3.05) is 10.6 Å². The molecule has 1 aliphatic carbocycles. The zero-order valence-electron chi connectivity index (χ0n) is 14.3. The largest absolute Gasteiger partial charge is 0.330 e. The van der Waals surface area contributed by atoms with Crippen molar-refractivity contribution in [3.63, 3.8) is 0 Å². The lowest BCUT2D eigenvalue weighted by molar-refractivity contribution is -0.119. The lowest BCUT2D eigenvalue weighted by Crippen LogP contribution is -2.20. The molecule has 132 valence electrons. The third-order valence-electron chi connectivity index (χ3n) is 4.59. The van der Waals surface area contributed by atoms with Gasteiger partial charge in [0.25, 0.3) is 0 Å². The van der Waals surface area contributed by atoms with Gasteiger partial charge in [0.2, 0.25) is 5.91 Å². The van der Waals surface area contributed by atoms with Crippen LogP contribution >= 0.6 is 11.3 Å². The molecule has 0 saturated heterocycles. The fraction of sp³-hybridized carbons (Fsp3) is 0.250. The van der Waals surface area contributed by atoms with E-state index in [1.807, 2.05) is 41.8 Å². The minimum absolute atomic E-state index is 0.145. The van der Waals surface area contributed by atoms with Crippen LogP contribution in [-0.4, -0.2) is 15.9 Å². The normalized spacial score (nSPS) is 14.3. The topological polar surface area (TPSA) is 66.9 Å². The average molecular weight is 364 g/mol. The number of hydrogen-bond donors (Lipinski definition) is 2. The Morgan fingerprint density at radius 3 is 2.62 bits per heavy atom. The molecule has 1 amide bonds. The molecular weight excluding hydrogens is 344 g/mol. The number of thiazole rings is 1. The second-order valence-electron chi connectivity index (χ2n) is 6.45. The fourth-order valence-electron chi connectivity index (χ4n) is 3.18. The molecule has 1 fully saturated rings. The van der Waals surface area contributed by atoms with Crippen LogP contribution in [0.2, 0.25) is 0 Å². The van der Waals surface area contributed by atoms with Crippen molar-refractivity contribution in [2.45, 2.75) is 25.7 Å². The summed E-state index contributed by atoms with van der Waals surface area (Å²) in [5, 5.41) is 9.12. The highest BCUT2D eigenvalue weighted by Crippen LogP contribution is 2.29. The Morgan fingerprint density at radius 2 is 1.88 bits per heavy atom. The van der Waals surface area contributed by atoms with Crippen molar-refractivity contribution in [3.05, 3.63) is 54.2 Å². The van der Waals surface area contributed by atoms with Gasteiger partial charge in [-0.1, -0.05) is 25.0 Å². The van der Waals surface area contributed by atoms with Crippen LogP contribution < -0.4 is 10.6 Å². The number of hydrogen-bond acceptors (Lipinski definition) is 5. The summed E-state index contributed by atoms with van der Waals surface area (Å²) in [6, 6.07) is 11.7. The number of amides is 1. The predicted octanol–water partition coefficient (Wildman–Crippen LogP) is 5.08. The van der Waals surface area contributed by atoms with Gasteiger partial charge in [-0.2, -0.15) is 0 Å². The predicted molar refractivity (Wildman–Crippen MR) is 106 cm³/mol. The first-order chi connectivity index (χ1) is 12.8. The molecule has 2 aromatic heterocycles. The zero-order chi connectivity index (χ0) is 17.8. The quantitative estimate of drug-likeness (QED) is 0.663. The molecule has 1 aromatic carbocycles. The fourth-order valence-corrected chi connectivity index (χ4v) is 3.92. The van der Waals surface area contributed by atoms with E-state index in [-0.39, 0.29) is 11.8 Å². The molecule has 3 aromatic rings.